The molecule has 0 saturated carbocycles. The first-order valence-corrected chi connectivity index (χ1v) is 6.05. The Morgan fingerprint density at radius 3 is 2.63 bits per heavy atom. The Balaban J connectivity index is 2.34. The molecule has 1 amide bonds. The van der Waals surface area contributed by atoms with Crippen LogP contribution in [-0.2, 0) is 11.3 Å². The molecule has 0 heterocycles. The van der Waals surface area contributed by atoms with Crippen molar-refractivity contribution in [3.63, 3.8) is 0 Å². The smallest absolute Gasteiger partial charge is 0.346 e. The molecular weight excluding hydrogens is 332 g/mol. The predicted octanol–water partition coefficient (Wildman–Crippen LogP) is 2.36. The minimum absolute atomic E-state index is 0.0463. The first-order chi connectivity index (χ1) is 8.78. The van der Waals surface area contributed by atoms with Crippen molar-refractivity contribution < 1.29 is 22.4 Å². The molecule has 0 atom stereocenters. The lowest BCUT2D eigenvalue weighted by molar-refractivity contribution is -0.137. The molecule has 106 valence electrons. The van der Waals surface area contributed by atoms with Crippen LogP contribution in [0.25, 0.3) is 0 Å². The van der Waals surface area contributed by atoms with Gasteiger partial charge in [-0.15, -0.1) is 0 Å². The fraction of sp³-hybridized carbons (Fsp3) is 0.364. The molecule has 1 aromatic carbocycles. The molecule has 0 aromatic heterocycles. The van der Waals surface area contributed by atoms with Gasteiger partial charge in [-0.1, -0.05) is 15.9 Å². The molecule has 8 heteroatoms. The number of nitrogens with one attached hydrogen (secondary N) is 2. The predicted molar refractivity (Wildman–Crippen MR) is 64.9 cm³/mol. The minimum atomic E-state index is -4.44. The van der Waals surface area contributed by atoms with Crippen molar-refractivity contribution in [2.24, 2.45) is 0 Å². The molecule has 0 aliphatic rings. The van der Waals surface area contributed by atoms with Crippen LogP contribution in [0.15, 0.2) is 22.7 Å². The average molecular weight is 343 g/mol. The Morgan fingerprint density at radius 2 is 2.00 bits per heavy atom. The number of carbonyl (C=O) groups is 1. The highest BCUT2D eigenvalue weighted by Gasteiger charge is 2.27. The van der Waals surface area contributed by atoms with Gasteiger partial charge in [-0.3, -0.25) is 4.79 Å². The standard InChI is InChI=1S/C11H11BrF4N2O/c12-8-1-2-9(13)7(3-8)4-17-5-10(19)18-6-11(14,15)16/h1-3,17H,4-6H2,(H,18,19). The number of amides is 1. The summed E-state index contributed by atoms with van der Waals surface area (Å²) < 4.78 is 49.4. The molecule has 1 rings (SSSR count). The summed E-state index contributed by atoms with van der Waals surface area (Å²) in [5, 5.41) is 4.27. The number of benzene rings is 1. The highest BCUT2D eigenvalue weighted by molar-refractivity contribution is 9.10. The fourth-order valence-electron chi connectivity index (χ4n) is 1.25. The number of carbonyl (C=O) groups excluding carboxylic acids is 1. The Labute approximate surface area is 115 Å². The summed E-state index contributed by atoms with van der Waals surface area (Å²) >= 11 is 3.17. The van der Waals surface area contributed by atoms with E-state index in [4.69, 9.17) is 0 Å². The van der Waals surface area contributed by atoms with E-state index in [-0.39, 0.29) is 13.1 Å². The maximum Gasteiger partial charge on any atom is 0.405 e. The van der Waals surface area contributed by atoms with E-state index in [1.54, 1.807) is 5.32 Å². The lowest BCUT2D eigenvalue weighted by atomic mass is 10.2. The molecule has 0 saturated heterocycles. The van der Waals surface area contributed by atoms with Crippen LogP contribution < -0.4 is 10.6 Å². The van der Waals surface area contributed by atoms with E-state index < -0.39 is 24.4 Å². The van der Waals surface area contributed by atoms with Crippen molar-refractivity contribution in [3.8, 4) is 0 Å². The molecule has 0 fully saturated rings. The Hall–Kier alpha value is -1.15. The van der Waals surface area contributed by atoms with Gasteiger partial charge < -0.3 is 10.6 Å². The molecule has 0 aliphatic heterocycles. The third-order valence-corrected chi connectivity index (χ3v) is 2.59. The normalized spacial score (nSPS) is 11.4. The fourth-order valence-corrected chi connectivity index (χ4v) is 1.66. The quantitative estimate of drug-likeness (QED) is 0.806. The second kappa shape index (κ2) is 6.85. The molecule has 0 radical (unpaired) electrons. The highest BCUT2D eigenvalue weighted by atomic mass is 79.9. The van der Waals surface area contributed by atoms with Crippen molar-refractivity contribution in [3.05, 3.63) is 34.1 Å². The highest BCUT2D eigenvalue weighted by Crippen LogP contribution is 2.15. The molecule has 2 N–H and O–H groups in total. The van der Waals surface area contributed by atoms with Crippen LogP contribution in [0.1, 0.15) is 5.56 Å². The van der Waals surface area contributed by atoms with Crippen LogP contribution in [0.2, 0.25) is 0 Å². The van der Waals surface area contributed by atoms with Gasteiger partial charge in [0.05, 0.1) is 6.54 Å². The molecule has 1 aromatic rings. The van der Waals surface area contributed by atoms with Crippen molar-refractivity contribution in [2.45, 2.75) is 12.7 Å². The number of hydrogen-bond acceptors (Lipinski definition) is 2. The first kappa shape index (κ1) is 15.9. The summed E-state index contributed by atoms with van der Waals surface area (Å²) in [5.74, 6) is -1.25. The molecule has 0 bridgehead atoms. The van der Waals surface area contributed by atoms with E-state index in [1.165, 1.54) is 18.2 Å². The number of halogens is 5. The van der Waals surface area contributed by atoms with Crippen molar-refractivity contribution in [1.29, 1.82) is 0 Å². The van der Waals surface area contributed by atoms with Gasteiger partial charge in [0.15, 0.2) is 0 Å². The lowest BCUT2D eigenvalue weighted by Gasteiger charge is -2.09. The van der Waals surface area contributed by atoms with Gasteiger partial charge in [0.1, 0.15) is 12.4 Å². The summed E-state index contributed by atoms with van der Waals surface area (Å²) in [6.07, 6.45) is -4.44. The van der Waals surface area contributed by atoms with E-state index in [2.05, 4.69) is 21.2 Å². The van der Waals surface area contributed by atoms with Crippen LogP contribution in [-0.4, -0.2) is 25.2 Å². The minimum Gasteiger partial charge on any atom is -0.346 e. The number of alkyl halides is 3. The molecule has 0 unspecified atom stereocenters. The monoisotopic (exact) mass is 342 g/mol. The zero-order valence-corrected chi connectivity index (χ0v) is 11.2. The van der Waals surface area contributed by atoms with Gasteiger partial charge in [-0.05, 0) is 18.2 Å². The second-order valence-corrected chi connectivity index (χ2v) is 4.65. The summed E-state index contributed by atoms with van der Waals surface area (Å²) in [7, 11) is 0. The van der Waals surface area contributed by atoms with Crippen molar-refractivity contribution in [1.82, 2.24) is 10.6 Å². The van der Waals surface area contributed by atoms with Crippen molar-refractivity contribution in [2.75, 3.05) is 13.1 Å². The van der Waals surface area contributed by atoms with Gasteiger partial charge in [-0.25, -0.2) is 4.39 Å². The molecule has 19 heavy (non-hydrogen) atoms. The Kier molecular flexibility index (Phi) is 5.74. The summed E-state index contributed by atoms with van der Waals surface area (Å²) in [6, 6.07) is 4.30. The van der Waals surface area contributed by atoms with E-state index in [9.17, 15) is 22.4 Å². The van der Waals surface area contributed by atoms with Gasteiger partial charge in [0, 0.05) is 16.6 Å². The van der Waals surface area contributed by atoms with Crippen LogP contribution in [0, 0.1) is 5.82 Å². The van der Waals surface area contributed by atoms with Crippen LogP contribution in [0.3, 0.4) is 0 Å². The van der Waals surface area contributed by atoms with Gasteiger partial charge in [0.25, 0.3) is 0 Å². The number of rotatable bonds is 5. The molecular formula is C11H11BrF4N2O. The zero-order chi connectivity index (χ0) is 14.5. The van der Waals surface area contributed by atoms with E-state index in [0.29, 0.717) is 10.0 Å². The van der Waals surface area contributed by atoms with Crippen LogP contribution in [0.5, 0.6) is 0 Å². The largest absolute Gasteiger partial charge is 0.405 e. The van der Waals surface area contributed by atoms with Gasteiger partial charge in [0.2, 0.25) is 5.91 Å². The van der Waals surface area contributed by atoms with Gasteiger partial charge >= 0.3 is 6.18 Å². The summed E-state index contributed by atoms with van der Waals surface area (Å²) in [5.41, 5.74) is 0.318. The van der Waals surface area contributed by atoms with Gasteiger partial charge in [-0.2, -0.15) is 13.2 Å². The molecule has 0 aliphatic carbocycles. The first-order valence-electron chi connectivity index (χ1n) is 5.26. The summed E-state index contributed by atoms with van der Waals surface area (Å²) in [6.45, 7) is -1.65. The number of hydrogen-bond donors (Lipinski definition) is 2. The third kappa shape index (κ3) is 6.53. The zero-order valence-electron chi connectivity index (χ0n) is 9.65. The topological polar surface area (TPSA) is 41.1 Å². The Morgan fingerprint density at radius 1 is 1.32 bits per heavy atom. The van der Waals surface area contributed by atoms with E-state index >= 15 is 0 Å². The lowest BCUT2D eigenvalue weighted by Crippen LogP contribution is -2.39. The average Bonchev–Trinajstić information content (AvgIpc) is 2.30. The molecule has 3 nitrogen and oxygen atoms in total. The maximum atomic E-state index is 13.3. The van der Waals surface area contributed by atoms with Crippen LogP contribution in [0.4, 0.5) is 17.6 Å². The SMILES string of the molecule is O=C(CNCc1cc(Br)ccc1F)NCC(F)(F)F. The van der Waals surface area contributed by atoms with Crippen molar-refractivity contribution >= 4 is 21.8 Å². The van der Waals surface area contributed by atoms with Crippen LogP contribution >= 0.6 is 15.9 Å². The Bertz CT molecular complexity index is 451. The van der Waals surface area contributed by atoms with E-state index in [0.717, 1.165) is 0 Å². The second-order valence-electron chi connectivity index (χ2n) is 3.73. The van der Waals surface area contributed by atoms with E-state index in [1.807, 2.05) is 0 Å². The molecule has 0 spiro atoms. The summed E-state index contributed by atoms with van der Waals surface area (Å²) in [4.78, 5) is 11.1. The third-order valence-electron chi connectivity index (χ3n) is 2.09. The maximum absolute atomic E-state index is 13.3.